The van der Waals surface area contributed by atoms with Gasteiger partial charge in [0.2, 0.25) is 5.88 Å². The fourth-order valence-corrected chi connectivity index (χ4v) is 2.63. The zero-order valence-electron chi connectivity index (χ0n) is 14.6. The predicted molar refractivity (Wildman–Crippen MR) is 97.8 cm³/mol. The number of carbonyl (C=O) groups excluding carboxylic acids is 1. The van der Waals surface area contributed by atoms with E-state index in [-0.39, 0.29) is 18.3 Å². The lowest BCUT2D eigenvalue weighted by Crippen LogP contribution is -2.24. The van der Waals surface area contributed by atoms with Crippen molar-refractivity contribution in [3.63, 3.8) is 0 Å². The van der Waals surface area contributed by atoms with Crippen LogP contribution in [0.25, 0.3) is 0 Å². The summed E-state index contributed by atoms with van der Waals surface area (Å²) in [6.07, 6.45) is 1.59. The summed E-state index contributed by atoms with van der Waals surface area (Å²) in [7, 11) is 0. The van der Waals surface area contributed by atoms with Gasteiger partial charge in [-0.1, -0.05) is 29.8 Å². The molecule has 1 heterocycles. The van der Waals surface area contributed by atoms with Gasteiger partial charge in [0.15, 0.2) is 0 Å². The Morgan fingerprint density at radius 3 is 2.73 bits per heavy atom. The summed E-state index contributed by atoms with van der Waals surface area (Å²) in [5.41, 5.74) is 3.36. The van der Waals surface area contributed by atoms with Crippen molar-refractivity contribution in [3.8, 4) is 11.6 Å². The first kappa shape index (κ1) is 17.6. The van der Waals surface area contributed by atoms with E-state index < -0.39 is 0 Å². The summed E-state index contributed by atoms with van der Waals surface area (Å²) in [5.74, 6) is 0.135. The van der Waals surface area contributed by atoms with Crippen molar-refractivity contribution in [1.82, 2.24) is 10.3 Å². The zero-order valence-corrected chi connectivity index (χ0v) is 14.6. The molecule has 0 aliphatic heterocycles. The molecule has 0 bridgehead atoms. The molecule has 2 aromatic carbocycles. The number of rotatable bonds is 5. The SMILES string of the molecule is Cc1ccc(C(=O)NCc2cccnc2Oc2cccc(F)c2)c(C)c1. The molecule has 0 saturated carbocycles. The Hall–Kier alpha value is -3.21. The lowest BCUT2D eigenvalue weighted by atomic mass is 10.1. The topological polar surface area (TPSA) is 51.2 Å². The zero-order chi connectivity index (χ0) is 18.5. The van der Waals surface area contributed by atoms with Crippen LogP contribution in [0.5, 0.6) is 11.6 Å². The molecule has 1 amide bonds. The quantitative estimate of drug-likeness (QED) is 0.734. The van der Waals surface area contributed by atoms with Crippen LogP contribution in [0.3, 0.4) is 0 Å². The van der Waals surface area contributed by atoms with E-state index in [2.05, 4.69) is 10.3 Å². The van der Waals surface area contributed by atoms with E-state index in [9.17, 15) is 9.18 Å². The number of ether oxygens (including phenoxy) is 1. The van der Waals surface area contributed by atoms with E-state index >= 15 is 0 Å². The van der Waals surface area contributed by atoms with Gasteiger partial charge in [-0.15, -0.1) is 0 Å². The van der Waals surface area contributed by atoms with Crippen molar-refractivity contribution in [2.45, 2.75) is 20.4 Å². The van der Waals surface area contributed by atoms with Crippen LogP contribution >= 0.6 is 0 Å². The van der Waals surface area contributed by atoms with E-state index in [4.69, 9.17) is 4.74 Å². The van der Waals surface area contributed by atoms with Gasteiger partial charge in [-0.05, 0) is 43.7 Å². The van der Waals surface area contributed by atoms with Crippen molar-refractivity contribution < 1.29 is 13.9 Å². The number of amides is 1. The maximum absolute atomic E-state index is 13.3. The largest absolute Gasteiger partial charge is 0.439 e. The number of hydrogen-bond donors (Lipinski definition) is 1. The van der Waals surface area contributed by atoms with Gasteiger partial charge >= 0.3 is 0 Å². The minimum atomic E-state index is -0.386. The molecule has 3 rings (SSSR count). The molecule has 4 nitrogen and oxygen atoms in total. The van der Waals surface area contributed by atoms with Crippen molar-refractivity contribution in [2.24, 2.45) is 0 Å². The van der Waals surface area contributed by atoms with Gasteiger partial charge in [0, 0.05) is 29.9 Å². The molecule has 0 atom stereocenters. The van der Waals surface area contributed by atoms with Crippen LogP contribution in [0.15, 0.2) is 60.8 Å². The standard InChI is InChI=1S/C21H19FN2O2/c1-14-8-9-19(15(2)11-14)20(25)24-13-16-5-4-10-23-21(16)26-18-7-3-6-17(22)12-18/h3-12H,13H2,1-2H3,(H,24,25). The smallest absolute Gasteiger partial charge is 0.251 e. The Morgan fingerprint density at radius 2 is 1.96 bits per heavy atom. The van der Waals surface area contributed by atoms with Gasteiger partial charge in [-0.3, -0.25) is 4.79 Å². The van der Waals surface area contributed by atoms with Crippen LogP contribution in [0.2, 0.25) is 0 Å². The number of nitrogens with one attached hydrogen (secondary N) is 1. The Morgan fingerprint density at radius 1 is 1.12 bits per heavy atom. The van der Waals surface area contributed by atoms with E-state index in [0.717, 1.165) is 11.1 Å². The number of pyridine rings is 1. The Labute approximate surface area is 151 Å². The maximum atomic E-state index is 13.3. The molecule has 0 saturated heterocycles. The summed E-state index contributed by atoms with van der Waals surface area (Å²) in [6.45, 7) is 4.15. The highest BCUT2D eigenvalue weighted by molar-refractivity contribution is 5.95. The monoisotopic (exact) mass is 350 g/mol. The van der Waals surface area contributed by atoms with Crippen LogP contribution in [0.4, 0.5) is 4.39 Å². The minimum absolute atomic E-state index is 0.164. The molecule has 0 fully saturated rings. The highest BCUT2D eigenvalue weighted by atomic mass is 19.1. The molecule has 0 unspecified atom stereocenters. The lowest BCUT2D eigenvalue weighted by Gasteiger charge is -2.12. The number of aromatic nitrogens is 1. The lowest BCUT2D eigenvalue weighted by molar-refractivity contribution is 0.0950. The molecule has 1 aromatic heterocycles. The van der Waals surface area contributed by atoms with Crippen molar-refractivity contribution in [2.75, 3.05) is 0 Å². The highest BCUT2D eigenvalue weighted by Gasteiger charge is 2.11. The Kier molecular flexibility index (Phi) is 5.27. The van der Waals surface area contributed by atoms with E-state index in [1.165, 1.54) is 12.1 Å². The molecular weight excluding hydrogens is 331 g/mol. The second kappa shape index (κ2) is 7.78. The fraction of sp³-hybridized carbons (Fsp3) is 0.143. The average Bonchev–Trinajstić information content (AvgIpc) is 2.61. The molecule has 0 radical (unpaired) electrons. The summed E-state index contributed by atoms with van der Waals surface area (Å²) >= 11 is 0. The Bertz CT molecular complexity index is 941. The number of halogens is 1. The first-order valence-electron chi connectivity index (χ1n) is 8.26. The van der Waals surface area contributed by atoms with Gasteiger partial charge in [0.25, 0.3) is 5.91 Å². The number of nitrogens with zero attached hydrogens (tertiary/aromatic N) is 1. The molecule has 3 aromatic rings. The van der Waals surface area contributed by atoms with Crippen molar-refractivity contribution in [3.05, 3.63) is 88.9 Å². The number of benzene rings is 2. The summed E-state index contributed by atoms with van der Waals surface area (Å²) < 4.78 is 19.0. The van der Waals surface area contributed by atoms with Gasteiger partial charge < -0.3 is 10.1 Å². The van der Waals surface area contributed by atoms with Gasteiger partial charge in [-0.25, -0.2) is 9.37 Å². The molecule has 5 heteroatoms. The minimum Gasteiger partial charge on any atom is -0.439 e. The Balaban J connectivity index is 1.73. The number of aryl methyl sites for hydroxylation is 2. The summed E-state index contributed by atoms with van der Waals surface area (Å²) in [6, 6.07) is 15.1. The van der Waals surface area contributed by atoms with Gasteiger partial charge in [0.1, 0.15) is 11.6 Å². The third-order valence-corrected chi connectivity index (χ3v) is 3.93. The maximum Gasteiger partial charge on any atom is 0.251 e. The van der Waals surface area contributed by atoms with Crippen molar-refractivity contribution >= 4 is 5.91 Å². The van der Waals surface area contributed by atoms with Crippen LogP contribution in [0, 0.1) is 19.7 Å². The van der Waals surface area contributed by atoms with Crippen LogP contribution in [0.1, 0.15) is 27.0 Å². The predicted octanol–water partition coefficient (Wildman–Crippen LogP) is 4.56. The fourth-order valence-electron chi connectivity index (χ4n) is 2.63. The van der Waals surface area contributed by atoms with E-state index in [1.807, 2.05) is 38.1 Å². The van der Waals surface area contributed by atoms with Gasteiger partial charge in [0.05, 0.1) is 0 Å². The highest BCUT2D eigenvalue weighted by Crippen LogP contribution is 2.23. The van der Waals surface area contributed by atoms with E-state index in [0.29, 0.717) is 22.8 Å². The third-order valence-electron chi connectivity index (χ3n) is 3.93. The first-order valence-corrected chi connectivity index (χ1v) is 8.26. The molecule has 0 spiro atoms. The third kappa shape index (κ3) is 4.25. The molecule has 132 valence electrons. The normalized spacial score (nSPS) is 10.4. The van der Waals surface area contributed by atoms with Crippen molar-refractivity contribution in [1.29, 1.82) is 0 Å². The van der Waals surface area contributed by atoms with E-state index in [1.54, 1.807) is 24.4 Å². The number of carbonyl (C=O) groups is 1. The van der Waals surface area contributed by atoms with Crippen LogP contribution < -0.4 is 10.1 Å². The number of hydrogen-bond acceptors (Lipinski definition) is 3. The first-order chi connectivity index (χ1) is 12.5. The molecular formula is C21H19FN2O2. The molecule has 26 heavy (non-hydrogen) atoms. The summed E-state index contributed by atoms with van der Waals surface area (Å²) in [5, 5.41) is 2.88. The van der Waals surface area contributed by atoms with Crippen LogP contribution in [-0.4, -0.2) is 10.9 Å². The van der Waals surface area contributed by atoms with Gasteiger partial charge in [-0.2, -0.15) is 0 Å². The second-order valence-electron chi connectivity index (χ2n) is 6.03. The second-order valence-corrected chi connectivity index (χ2v) is 6.03. The van der Waals surface area contributed by atoms with Crippen LogP contribution in [-0.2, 0) is 6.54 Å². The molecule has 0 aliphatic rings. The summed E-state index contributed by atoms with van der Waals surface area (Å²) in [4.78, 5) is 16.6. The average molecular weight is 350 g/mol. The molecule has 0 aliphatic carbocycles. The molecule has 1 N–H and O–H groups in total.